The first-order valence-electron chi connectivity index (χ1n) is 5.69. The molecular weight excluding hydrogens is 218 g/mol. The van der Waals surface area contributed by atoms with Crippen LogP contribution in [-0.2, 0) is 0 Å². The highest BCUT2D eigenvalue weighted by Gasteiger charge is 2.24. The fraction of sp³-hybridized carbons (Fsp3) is 0.500. The highest BCUT2D eigenvalue weighted by molar-refractivity contribution is 7.18. The van der Waals surface area contributed by atoms with Crippen LogP contribution in [0.5, 0.6) is 0 Å². The lowest BCUT2D eigenvalue weighted by molar-refractivity contribution is 0.400. The zero-order valence-electron chi connectivity index (χ0n) is 9.60. The van der Waals surface area contributed by atoms with Crippen molar-refractivity contribution in [3.63, 3.8) is 0 Å². The number of anilines is 1. The summed E-state index contributed by atoms with van der Waals surface area (Å²) >= 11 is 1.75. The van der Waals surface area contributed by atoms with E-state index in [0.29, 0.717) is 6.04 Å². The van der Waals surface area contributed by atoms with Crippen molar-refractivity contribution in [3.05, 3.63) is 17.3 Å². The van der Waals surface area contributed by atoms with Crippen molar-refractivity contribution in [1.29, 1.82) is 0 Å². The van der Waals surface area contributed by atoms with Gasteiger partial charge in [0.25, 0.3) is 0 Å². The normalized spacial score (nSPS) is 16.4. The Balaban J connectivity index is 2.08. The van der Waals surface area contributed by atoms with Crippen LogP contribution in [0.2, 0.25) is 0 Å². The highest BCUT2D eigenvalue weighted by Crippen LogP contribution is 2.34. The maximum atomic E-state index is 4.45. The fourth-order valence-corrected chi connectivity index (χ4v) is 3.19. The highest BCUT2D eigenvalue weighted by atomic mass is 32.1. The second-order valence-electron chi connectivity index (χ2n) is 4.49. The summed E-state index contributed by atoms with van der Waals surface area (Å²) in [7, 11) is 2.15. The maximum absolute atomic E-state index is 4.45. The molecule has 84 valence electrons. The molecule has 0 saturated heterocycles. The molecule has 0 aliphatic heterocycles. The minimum Gasteiger partial charge on any atom is -0.355 e. The van der Waals surface area contributed by atoms with Crippen LogP contribution in [0.3, 0.4) is 0 Å². The van der Waals surface area contributed by atoms with Gasteiger partial charge in [-0.3, -0.25) is 0 Å². The molecule has 1 saturated carbocycles. The summed E-state index contributed by atoms with van der Waals surface area (Å²) in [6, 6.07) is 0.681. The van der Waals surface area contributed by atoms with Gasteiger partial charge in [-0.25, -0.2) is 9.97 Å². The molecule has 0 radical (unpaired) electrons. The fourth-order valence-electron chi connectivity index (χ4n) is 2.16. The minimum absolute atomic E-state index is 0.681. The van der Waals surface area contributed by atoms with E-state index in [9.17, 15) is 0 Å². The number of aryl methyl sites for hydroxylation is 1. The third-order valence-corrected chi connectivity index (χ3v) is 4.55. The molecule has 0 bridgehead atoms. The number of aromatic nitrogens is 2. The second kappa shape index (κ2) is 3.70. The van der Waals surface area contributed by atoms with Crippen LogP contribution in [0, 0.1) is 6.92 Å². The molecule has 3 nitrogen and oxygen atoms in total. The number of hydrogen-bond acceptors (Lipinski definition) is 4. The van der Waals surface area contributed by atoms with Gasteiger partial charge >= 0.3 is 0 Å². The smallest absolute Gasteiger partial charge is 0.150 e. The molecule has 0 spiro atoms. The summed E-state index contributed by atoms with van der Waals surface area (Å²) in [5.41, 5.74) is 2.37. The van der Waals surface area contributed by atoms with Gasteiger partial charge in [-0.1, -0.05) is 0 Å². The van der Waals surface area contributed by atoms with E-state index >= 15 is 0 Å². The van der Waals surface area contributed by atoms with Crippen molar-refractivity contribution in [2.24, 2.45) is 0 Å². The van der Waals surface area contributed by atoms with Crippen molar-refractivity contribution in [2.45, 2.75) is 32.2 Å². The zero-order valence-corrected chi connectivity index (χ0v) is 10.4. The molecule has 1 aliphatic rings. The largest absolute Gasteiger partial charge is 0.355 e. The third kappa shape index (κ3) is 1.40. The zero-order chi connectivity index (χ0) is 11.1. The Morgan fingerprint density at radius 3 is 2.88 bits per heavy atom. The Morgan fingerprint density at radius 2 is 2.19 bits per heavy atom. The van der Waals surface area contributed by atoms with Crippen LogP contribution < -0.4 is 4.90 Å². The Bertz CT molecular complexity index is 516. The number of hydrogen-bond donors (Lipinski definition) is 0. The van der Waals surface area contributed by atoms with Gasteiger partial charge in [-0.2, -0.15) is 0 Å². The monoisotopic (exact) mass is 233 g/mol. The summed E-state index contributed by atoms with van der Waals surface area (Å²) in [5, 5.41) is 2.16. The molecule has 2 heterocycles. The van der Waals surface area contributed by atoms with Crippen LogP contribution in [0.4, 0.5) is 5.82 Å². The number of fused-ring (bicyclic) bond motifs is 1. The van der Waals surface area contributed by atoms with Gasteiger partial charge in [0.1, 0.15) is 12.1 Å². The van der Waals surface area contributed by atoms with E-state index in [2.05, 4.69) is 34.2 Å². The molecule has 0 N–H and O–H groups in total. The molecule has 0 amide bonds. The first-order chi connectivity index (χ1) is 7.77. The van der Waals surface area contributed by atoms with Gasteiger partial charge in [-0.15, -0.1) is 11.3 Å². The Hall–Kier alpha value is -1.16. The summed E-state index contributed by atoms with van der Waals surface area (Å²) < 4.78 is 1.23. The summed E-state index contributed by atoms with van der Waals surface area (Å²) in [4.78, 5) is 11.1. The summed E-state index contributed by atoms with van der Waals surface area (Å²) in [6.45, 7) is 2.11. The van der Waals surface area contributed by atoms with E-state index in [1.807, 2.05) is 0 Å². The predicted molar refractivity (Wildman–Crippen MR) is 68.2 cm³/mol. The van der Waals surface area contributed by atoms with E-state index in [1.165, 1.54) is 29.5 Å². The Labute approximate surface area is 99.1 Å². The molecule has 1 aliphatic carbocycles. The molecule has 0 atom stereocenters. The van der Waals surface area contributed by atoms with Crippen molar-refractivity contribution >= 4 is 27.4 Å². The Morgan fingerprint density at radius 1 is 1.38 bits per heavy atom. The van der Waals surface area contributed by atoms with Gasteiger partial charge in [0, 0.05) is 13.1 Å². The van der Waals surface area contributed by atoms with E-state index in [-0.39, 0.29) is 0 Å². The molecule has 1 fully saturated rings. The van der Waals surface area contributed by atoms with Crippen LogP contribution in [0.15, 0.2) is 11.7 Å². The van der Waals surface area contributed by atoms with E-state index in [0.717, 1.165) is 11.3 Å². The van der Waals surface area contributed by atoms with Crippen molar-refractivity contribution < 1.29 is 0 Å². The van der Waals surface area contributed by atoms with Crippen LogP contribution in [-0.4, -0.2) is 23.1 Å². The minimum atomic E-state index is 0.681. The topological polar surface area (TPSA) is 29.0 Å². The third-order valence-electron chi connectivity index (χ3n) is 3.47. The van der Waals surface area contributed by atoms with Gasteiger partial charge < -0.3 is 4.90 Å². The SMILES string of the molecule is Cc1csc2c(N(C)C3CCC3)ncnc12. The molecule has 16 heavy (non-hydrogen) atoms. The number of nitrogens with zero attached hydrogens (tertiary/aromatic N) is 3. The van der Waals surface area contributed by atoms with Crippen LogP contribution >= 0.6 is 11.3 Å². The lowest BCUT2D eigenvalue weighted by Crippen LogP contribution is -2.37. The van der Waals surface area contributed by atoms with E-state index in [1.54, 1.807) is 17.7 Å². The average molecular weight is 233 g/mol. The van der Waals surface area contributed by atoms with E-state index < -0.39 is 0 Å². The number of rotatable bonds is 2. The molecule has 0 aromatic carbocycles. The molecule has 2 aromatic heterocycles. The Kier molecular flexibility index (Phi) is 2.32. The van der Waals surface area contributed by atoms with Gasteiger partial charge in [-0.05, 0) is 37.1 Å². The van der Waals surface area contributed by atoms with Gasteiger partial charge in [0.15, 0.2) is 0 Å². The first-order valence-corrected chi connectivity index (χ1v) is 6.57. The molecular formula is C12H15N3S. The summed E-state index contributed by atoms with van der Waals surface area (Å²) in [5.74, 6) is 1.10. The van der Waals surface area contributed by atoms with Crippen molar-refractivity contribution in [1.82, 2.24) is 9.97 Å². The van der Waals surface area contributed by atoms with Crippen molar-refractivity contribution in [2.75, 3.05) is 11.9 Å². The van der Waals surface area contributed by atoms with E-state index in [4.69, 9.17) is 0 Å². The van der Waals surface area contributed by atoms with Crippen LogP contribution in [0.25, 0.3) is 10.2 Å². The summed E-state index contributed by atoms with van der Waals surface area (Å²) in [6.07, 6.45) is 5.64. The quantitative estimate of drug-likeness (QED) is 0.798. The maximum Gasteiger partial charge on any atom is 0.150 e. The molecule has 3 rings (SSSR count). The predicted octanol–water partition coefficient (Wildman–Crippen LogP) is 2.99. The average Bonchev–Trinajstić information content (AvgIpc) is 2.58. The van der Waals surface area contributed by atoms with Crippen LogP contribution in [0.1, 0.15) is 24.8 Å². The van der Waals surface area contributed by atoms with Crippen molar-refractivity contribution in [3.8, 4) is 0 Å². The standard InChI is InChI=1S/C12H15N3S/c1-8-6-16-11-10(8)13-7-14-12(11)15(2)9-4-3-5-9/h6-7,9H,3-5H2,1-2H3. The lowest BCUT2D eigenvalue weighted by atomic mass is 9.92. The molecule has 4 heteroatoms. The number of thiophene rings is 1. The molecule has 2 aromatic rings. The molecule has 0 unspecified atom stereocenters. The van der Waals surface area contributed by atoms with Gasteiger partial charge in [0.05, 0.1) is 10.2 Å². The second-order valence-corrected chi connectivity index (χ2v) is 5.37. The van der Waals surface area contributed by atoms with Gasteiger partial charge in [0.2, 0.25) is 0 Å². The lowest BCUT2D eigenvalue weighted by Gasteiger charge is -2.35. The first kappa shape index (κ1) is 10.0.